The van der Waals surface area contributed by atoms with Crippen molar-refractivity contribution < 1.29 is 0 Å². The SMILES string of the molecule is N#CC1(Cc2ccc(Br)cc2)CCCCCCC1. The first kappa shape index (κ1) is 13.6. The van der Waals surface area contributed by atoms with Crippen LogP contribution in [0.3, 0.4) is 0 Å². The van der Waals surface area contributed by atoms with Crippen LogP contribution in [0.5, 0.6) is 0 Å². The number of hydrogen-bond acceptors (Lipinski definition) is 1. The van der Waals surface area contributed by atoms with Gasteiger partial charge < -0.3 is 0 Å². The van der Waals surface area contributed by atoms with E-state index in [1.54, 1.807) is 0 Å². The normalized spacial score (nSPS) is 19.6. The summed E-state index contributed by atoms with van der Waals surface area (Å²) in [4.78, 5) is 0. The van der Waals surface area contributed by atoms with E-state index >= 15 is 0 Å². The average molecular weight is 306 g/mol. The standard InChI is InChI=1S/C16H20BrN/c17-15-8-6-14(7-9-15)12-16(13-18)10-4-2-1-3-5-11-16/h6-9H,1-5,10-12H2. The van der Waals surface area contributed by atoms with Gasteiger partial charge in [0.05, 0.1) is 11.5 Å². The highest BCUT2D eigenvalue weighted by atomic mass is 79.9. The van der Waals surface area contributed by atoms with Gasteiger partial charge in [0.15, 0.2) is 0 Å². The average Bonchev–Trinajstić information content (AvgIpc) is 2.36. The Kier molecular flexibility index (Phi) is 4.83. The van der Waals surface area contributed by atoms with Crippen molar-refractivity contribution >= 4 is 15.9 Å². The van der Waals surface area contributed by atoms with E-state index in [4.69, 9.17) is 0 Å². The molecule has 0 N–H and O–H groups in total. The number of halogens is 1. The van der Waals surface area contributed by atoms with Crippen LogP contribution in [0.15, 0.2) is 28.7 Å². The van der Waals surface area contributed by atoms with Crippen molar-refractivity contribution in [3.63, 3.8) is 0 Å². The van der Waals surface area contributed by atoms with Gasteiger partial charge in [-0.2, -0.15) is 5.26 Å². The molecule has 0 amide bonds. The van der Waals surface area contributed by atoms with E-state index in [0.717, 1.165) is 23.7 Å². The zero-order chi connectivity index (χ0) is 12.8. The molecule has 0 spiro atoms. The molecule has 1 nitrogen and oxygen atoms in total. The third-order valence-corrected chi connectivity index (χ3v) is 4.53. The Balaban J connectivity index is 2.11. The van der Waals surface area contributed by atoms with E-state index in [1.807, 2.05) is 0 Å². The van der Waals surface area contributed by atoms with Crippen molar-refractivity contribution in [1.82, 2.24) is 0 Å². The smallest absolute Gasteiger partial charge is 0.0693 e. The Bertz CT molecular complexity index is 408. The van der Waals surface area contributed by atoms with Crippen LogP contribution in [0.1, 0.15) is 50.5 Å². The highest BCUT2D eigenvalue weighted by Gasteiger charge is 2.30. The Morgan fingerprint density at radius 2 is 1.56 bits per heavy atom. The molecule has 1 saturated carbocycles. The van der Waals surface area contributed by atoms with Crippen LogP contribution in [0.4, 0.5) is 0 Å². The summed E-state index contributed by atoms with van der Waals surface area (Å²) in [5.74, 6) is 0. The van der Waals surface area contributed by atoms with Gasteiger partial charge in [-0.3, -0.25) is 0 Å². The van der Waals surface area contributed by atoms with Crippen molar-refractivity contribution in [2.75, 3.05) is 0 Å². The molecule has 1 aromatic rings. The molecular weight excluding hydrogens is 286 g/mol. The highest BCUT2D eigenvalue weighted by molar-refractivity contribution is 9.10. The van der Waals surface area contributed by atoms with Gasteiger partial charge in [0.1, 0.15) is 0 Å². The second kappa shape index (κ2) is 6.38. The lowest BCUT2D eigenvalue weighted by Gasteiger charge is -2.28. The molecule has 2 heteroatoms. The van der Waals surface area contributed by atoms with Gasteiger partial charge in [0.2, 0.25) is 0 Å². The Labute approximate surface area is 118 Å². The van der Waals surface area contributed by atoms with Crippen molar-refractivity contribution in [3.8, 4) is 6.07 Å². The first-order valence-corrected chi connectivity index (χ1v) is 7.69. The van der Waals surface area contributed by atoms with Gasteiger partial charge in [-0.15, -0.1) is 0 Å². The van der Waals surface area contributed by atoms with Crippen LogP contribution in [-0.2, 0) is 6.42 Å². The third kappa shape index (κ3) is 3.59. The molecule has 18 heavy (non-hydrogen) atoms. The van der Waals surface area contributed by atoms with Crippen LogP contribution < -0.4 is 0 Å². The quantitative estimate of drug-likeness (QED) is 0.732. The second-order valence-corrected chi connectivity index (χ2v) is 6.38. The summed E-state index contributed by atoms with van der Waals surface area (Å²) in [6, 6.07) is 11.1. The molecule has 1 fully saturated rings. The van der Waals surface area contributed by atoms with Crippen LogP contribution in [0.25, 0.3) is 0 Å². The fraction of sp³-hybridized carbons (Fsp3) is 0.562. The fourth-order valence-corrected chi connectivity index (χ4v) is 3.17. The zero-order valence-corrected chi connectivity index (χ0v) is 12.4. The van der Waals surface area contributed by atoms with Gasteiger partial charge in [-0.05, 0) is 37.0 Å². The lowest BCUT2D eigenvalue weighted by Crippen LogP contribution is -2.23. The first-order valence-electron chi connectivity index (χ1n) is 6.90. The maximum absolute atomic E-state index is 9.62. The van der Waals surface area contributed by atoms with Crippen LogP contribution in [0, 0.1) is 16.7 Å². The van der Waals surface area contributed by atoms with E-state index in [-0.39, 0.29) is 5.41 Å². The molecule has 2 rings (SSSR count). The minimum absolute atomic E-state index is 0.117. The van der Waals surface area contributed by atoms with E-state index < -0.39 is 0 Å². The van der Waals surface area contributed by atoms with Crippen molar-refractivity contribution in [3.05, 3.63) is 34.3 Å². The maximum Gasteiger partial charge on any atom is 0.0693 e. The molecule has 1 aliphatic rings. The molecule has 0 heterocycles. The Hall–Kier alpha value is -0.810. The largest absolute Gasteiger partial charge is 0.198 e. The first-order chi connectivity index (χ1) is 8.74. The molecule has 0 saturated heterocycles. The molecule has 0 bridgehead atoms. The maximum atomic E-state index is 9.62. The fourth-order valence-electron chi connectivity index (χ4n) is 2.90. The number of nitrogens with zero attached hydrogens (tertiary/aromatic N) is 1. The topological polar surface area (TPSA) is 23.8 Å². The summed E-state index contributed by atoms with van der Waals surface area (Å²) >= 11 is 3.46. The zero-order valence-electron chi connectivity index (χ0n) is 10.8. The predicted molar refractivity (Wildman–Crippen MR) is 78.2 cm³/mol. The summed E-state index contributed by atoms with van der Waals surface area (Å²) in [6.07, 6.45) is 9.41. The minimum atomic E-state index is -0.117. The van der Waals surface area contributed by atoms with Crippen LogP contribution in [0.2, 0.25) is 0 Å². The van der Waals surface area contributed by atoms with Crippen LogP contribution >= 0.6 is 15.9 Å². The highest BCUT2D eigenvalue weighted by Crippen LogP contribution is 2.36. The van der Waals surface area contributed by atoms with Gasteiger partial charge in [0.25, 0.3) is 0 Å². The Morgan fingerprint density at radius 1 is 1.00 bits per heavy atom. The van der Waals surface area contributed by atoms with Crippen molar-refractivity contribution in [1.29, 1.82) is 5.26 Å². The predicted octanol–water partition coefficient (Wildman–Crippen LogP) is 5.25. The van der Waals surface area contributed by atoms with E-state index in [2.05, 4.69) is 46.3 Å². The Morgan fingerprint density at radius 3 is 2.11 bits per heavy atom. The molecule has 0 aromatic heterocycles. The molecule has 0 unspecified atom stereocenters. The van der Waals surface area contributed by atoms with Gasteiger partial charge in [0, 0.05) is 4.47 Å². The number of nitriles is 1. The number of rotatable bonds is 2. The van der Waals surface area contributed by atoms with Crippen molar-refractivity contribution in [2.24, 2.45) is 5.41 Å². The number of benzene rings is 1. The lowest BCUT2D eigenvalue weighted by atomic mass is 9.73. The number of hydrogen-bond donors (Lipinski definition) is 0. The summed E-state index contributed by atoms with van der Waals surface area (Å²) in [5, 5.41) is 9.62. The third-order valence-electron chi connectivity index (χ3n) is 4.00. The summed E-state index contributed by atoms with van der Waals surface area (Å²) in [5.41, 5.74) is 1.18. The molecule has 96 valence electrons. The molecule has 0 atom stereocenters. The van der Waals surface area contributed by atoms with E-state index in [0.29, 0.717) is 0 Å². The molecule has 1 aromatic carbocycles. The van der Waals surface area contributed by atoms with Gasteiger partial charge >= 0.3 is 0 Å². The lowest BCUT2D eigenvalue weighted by molar-refractivity contribution is 0.287. The molecule has 1 aliphatic carbocycles. The van der Waals surface area contributed by atoms with E-state index in [9.17, 15) is 5.26 Å². The van der Waals surface area contributed by atoms with Crippen molar-refractivity contribution in [2.45, 2.75) is 51.4 Å². The summed E-state index contributed by atoms with van der Waals surface area (Å²) in [6.45, 7) is 0. The van der Waals surface area contributed by atoms with Gasteiger partial charge in [-0.25, -0.2) is 0 Å². The summed E-state index contributed by atoms with van der Waals surface area (Å²) < 4.78 is 1.11. The summed E-state index contributed by atoms with van der Waals surface area (Å²) in [7, 11) is 0. The minimum Gasteiger partial charge on any atom is -0.198 e. The van der Waals surface area contributed by atoms with Crippen LogP contribution in [-0.4, -0.2) is 0 Å². The second-order valence-electron chi connectivity index (χ2n) is 5.46. The monoisotopic (exact) mass is 305 g/mol. The van der Waals surface area contributed by atoms with E-state index in [1.165, 1.54) is 37.7 Å². The molecule has 0 aliphatic heterocycles. The molecular formula is C16H20BrN. The molecule has 0 radical (unpaired) electrons. The van der Waals surface area contributed by atoms with Gasteiger partial charge in [-0.1, -0.05) is 60.2 Å².